The molecule has 4 heterocycles. The summed E-state index contributed by atoms with van der Waals surface area (Å²) in [6.45, 7) is 1.46. The quantitative estimate of drug-likeness (QED) is 0.316. The Labute approximate surface area is 235 Å². The minimum atomic E-state index is -0.595. The van der Waals surface area contributed by atoms with Crippen molar-refractivity contribution in [3.63, 3.8) is 0 Å². The van der Waals surface area contributed by atoms with Crippen LogP contribution in [0.1, 0.15) is 29.6 Å². The molecular weight excluding hydrogens is 531 g/mol. The van der Waals surface area contributed by atoms with Crippen LogP contribution in [0.15, 0.2) is 54.9 Å². The molecule has 1 aliphatic carbocycles. The molecule has 40 heavy (non-hydrogen) atoms. The fraction of sp³-hybridized carbons (Fsp3) is 0.310. The second kappa shape index (κ2) is 10.8. The number of urea groups is 1. The first-order valence-corrected chi connectivity index (χ1v) is 14.0. The van der Waals surface area contributed by atoms with Gasteiger partial charge in [-0.05, 0) is 63.7 Å². The van der Waals surface area contributed by atoms with Gasteiger partial charge in [0.1, 0.15) is 5.75 Å². The summed E-state index contributed by atoms with van der Waals surface area (Å²) < 4.78 is 21.5. The number of likely N-dealkylation sites (N-methyl/N-ethyl adjacent to an activating group) is 1. The topological polar surface area (TPSA) is 99.7 Å². The lowest BCUT2D eigenvalue weighted by atomic mass is 10.2. The number of amides is 3. The summed E-state index contributed by atoms with van der Waals surface area (Å²) in [6.07, 6.45) is 6.13. The summed E-state index contributed by atoms with van der Waals surface area (Å²) >= 11 is 1.43. The zero-order valence-corrected chi connectivity index (χ0v) is 23.0. The Morgan fingerprint density at radius 2 is 1.93 bits per heavy atom. The maximum Gasteiger partial charge on any atom is 0.319 e. The van der Waals surface area contributed by atoms with E-state index in [1.165, 1.54) is 23.5 Å². The first-order valence-electron chi connectivity index (χ1n) is 13.2. The molecule has 6 rings (SSSR count). The lowest BCUT2D eigenvalue weighted by Gasteiger charge is -2.20. The van der Waals surface area contributed by atoms with Crippen LogP contribution in [-0.4, -0.2) is 71.0 Å². The molecule has 11 heteroatoms. The van der Waals surface area contributed by atoms with Crippen molar-refractivity contribution < 1.29 is 18.7 Å². The SMILES string of the molecule is CN(C)C1CCN(C(=O)c2ccc(-c3cc4nccc(Oc5ccc(NC(=O)NC6CC6)cc5F)c4s3)nc2)C1. The van der Waals surface area contributed by atoms with E-state index >= 15 is 0 Å². The van der Waals surface area contributed by atoms with Crippen LogP contribution in [0.4, 0.5) is 14.9 Å². The van der Waals surface area contributed by atoms with Crippen LogP contribution in [0.2, 0.25) is 0 Å². The molecule has 2 fully saturated rings. The highest BCUT2D eigenvalue weighted by atomic mass is 32.1. The van der Waals surface area contributed by atoms with Gasteiger partial charge in [-0.3, -0.25) is 14.8 Å². The van der Waals surface area contributed by atoms with E-state index in [0.717, 1.165) is 35.4 Å². The smallest absolute Gasteiger partial charge is 0.319 e. The van der Waals surface area contributed by atoms with Crippen molar-refractivity contribution in [2.75, 3.05) is 32.5 Å². The van der Waals surface area contributed by atoms with Gasteiger partial charge in [0.05, 0.1) is 26.4 Å². The maximum absolute atomic E-state index is 14.9. The summed E-state index contributed by atoms with van der Waals surface area (Å²) in [5.41, 5.74) is 2.31. The molecule has 2 aliphatic rings. The number of hydrogen-bond acceptors (Lipinski definition) is 7. The van der Waals surface area contributed by atoms with E-state index in [1.807, 2.05) is 31.1 Å². The molecule has 206 valence electrons. The Kier molecular flexibility index (Phi) is 7.07. The predicted octanol–water partition coefficient (Wildman–Crippen LogP) is 5.35. The predicted molar refractivity (Wildman–Crippen MR) is 152 cm³/mol. The van der Waals surface area contributed by atoms with Crippen LogP contribution in [0.3, 0.4) is 0 Å². The average molecular weight is 561 g/mol. The van der Waals surface area contributed by atoms with Crippen LogP contribution in [0.25, 0.3) is 20.8 Å². The number of carbonyl (C=O) groups excluding carboxylic acids is 2. The zero-order valence-electron chi connectivity index (χ0n) is 22.2. The second-order valence-corrected chi connectivity index (χ2v) is 11.4. The minimum absolute atomic E-state index is 0.0103. The number of nitrogens with zero attached hydrogens (tertiary/aromatic N) is 4. The van der Waals surface area contributed by atoms with Crippen LogP contribution >= 0.6 is 11.3 Å². The Bertz CT molecular complexity index is 1570. The fourth-order valence-electron chi connectivity index (χ4n) is 4.68. The number of pyridine rings is 2. The average Bonchev–Trinajstić information content (AvgIpc) is 3.42. The van der Waals surface area contributed by atoms with Gasteiger partial charge in [0.15, 0.2) is 11.6 Å². The van der Waals surface area contributed by atoms with Gasteiger partial charge in [0.25, 0.3) is 5.91 Å². The van der Waals surface area contributed by atoms with Gasteiger partial charge < -0.3 is 25.2 Å². The third kappa shape index (κ3) is 5.61. The number of nitrogens with one attached hydrogen (secondary N) is 2. The van der Waals surface area contributed by atoms with Gasteiger partial charge in [0, 0.05) is 55.4 Å². The highest BCUT2D eigenvalue weighted by Crippen LogP contribution is 2.39. The van der Waals surface area contributed by atoms with Crippen molar-refractivity contribution in [2.45, 2.75) is 31.3 Å². The largest absolute Gasteiger partial charge is 0.453 e. The molecule has 0 spiro atoms. The Balaban J connectivity index is 1.17. The molecule has 1 unspecified atom stereocenters. The van der Waals surface area contributed by atoms with Crippen LogP contribution in [0, 0.1) is 5.82 Å². The van der Waals surface area contributed by atoms with E-state index in [9.17, 15) is 14.0 Å². The number of rotatable bonds is 7. The molecule has 1 aliphatic heterocycles. The number of thiophene rings is 1. The van der Waals surface area contributed by atoms with Crippen molar-refractivity contribution in [1.29, 1.82) is 0 Å². The van der Waals surface area contributed by atoms with Gasteiger partial charge in [0.2, 0.25) is 0 Å². The van der Waals surface area contributed by atoms with E-state index < -0.39 is 5.82 Å². The molecule has 0 radical (unpaired) electrons. The summed E-state index contributed by atoms with van der Waals surface area (Å²) in [6, 6.07) is 11.8. The number of carbonyl (C=O) groups is 2. The number of aromatic nitrogens is 2. The fourth-order valence-corrected chi connectivity index (χ4v) is 5.72. The molecule has 4 aromatic rings. The molecule has 9 nitrogen and oxygen atoms in total. The number of anilines is 1. The lowest BCUT2D eigenvalue weighted by Crippen LogP contribution is -2.34. The van der Waals surface area contributed by atoms with Gasteiger partial charge in [-0.15, -0.1) is 11.3 Å². The highest BCUT2D eigenvalue weighted by molar-refractivity contribution is 7.22. The number of benzene rings is 1. The molecule has 2 N–H and O–H groups in total. The molecular formula is C29H29FN6O3S. The van der Waals surface area contributed by atoms with Crippen LogP contribution < -0.4 is 15.4 Å². The standard InChI is InChI=1S/C29H29FN6O3S/c1-35(2)20-10-12-36(16-20)28(37)17-3-7-22(32-15-17)26-14-23-27(40-26)25(9-11-31-23)39-24-8-6-19(13-21(24)30)34-29(38)33-18-4-5-18/h3,6-9,11,13-15,18,20H,4-5,10,12,16H2,1-2H3,(H2,33,34,38). The van der Waals surface area contributed by atoms with Crippen LogP contribution in [-0.2, 0) is 0 Å². The van der Waals surface area contributed by atoms with E-state index in [1.54, 1.807) is 30.6 Å². The molecule has 3 aromatic heterocycles. The number of ether oxygens (including phenoxy) is 1. The Hall–Kier alpha value is -4.09. The first-order chi connectivity index (χ1) is 19.3. The van der Waals surface area contributed by atoms with E-state index in [2.05, 4.69) is 25.5 Å². The van der Waals surface area contributed by atoms with Gasteiger partial charge in [-0.1, -0.05) is 0 Å². The van der Waals surface area contributed by atoms with Crippen molar-refractivity contribution in [3.05, 3.63) is 66.2 Å². The third-order valence-electron chi connectivity index (χ3n) is 7.14. The highest BCUT2D eigenvalue weighted by Gasteiger charge is 2.28. The lowest BCUT2D eigenvalue weighted by molar-refractivity contribution is 0.0782. The monoisotopic (exact) mass is 560 g/mol. The summed E-state index contributed by atoms with van der Waals surface area (Å²) in [7, 11) is 4.07. The van der Waals surface area contributed by atoms with Crippen LogP contribution in [0.5, 0.6) is 11.5 Å². The van der Waals surface area contributed by atoms with Crippen molar-refractivity contribution in [2.24, 2.45) is 0 Å². The number of hydrogen-bond donors (Lipinski definition) is 2. The molecule has 1 aromatic carbocycles. The second-order valence-electron chi connectivity index (χ2n) is 10.3. The zero-order chi connectivity index (χ0) is 27.8. The van der Waals surface area contributed by atoms with Gasteiger partial charge in [-0.2, -0.15) is 0 Å². The Morgan fingerprint density at radius 3 is 2.62 bits per heavy atom. The number of fused-ring (bicyclic) bond motifs is 1. The molecule has 1 saturated carbocycles. The minimum Gasteiger partial charge on any atom is -0.453 e. The third-order valence-corrected chi connectivity index (χ3v) is 8.30. The van der Waals surface area contributed by atoms with Crippen molar-refractivity contribution in [1.82, 2.24) is 25.1 Å². The van der Waals surface area contributed by atoms with Gasteiger partial charge >= 0.3 is 6.03 Å². The maximum atomic E-state index is 14.9. The Morgan fingerprint density at radius 1 is 1.07 bits per heavy atom. The molecule has 1 atom stereocenters. The molecule has 0 bridgehead atoms. The summed E-state index contributed by atoms with van der Waals surface area (Å²) in [5, 5.41) is 5.45. The molecule has 1 saturated heterocycles. The first kappa shape index (κ1) is 26.1. The van der Waals surface area contributed by atoms with Crippen molar-refractivity contribution >= 4 is 39.2 Å². The van der Waals surface area contributed by atoms with E-state index in [4.69, 9.17) is 4.74 Å². The number of likely N-dealkylation sites (tertiary alicyclic amines) is 1. The molecule has 3 amide bonds. The normalized spacial score (nSPS) is 16.9. The van der Waals surface area contributed by atoms with Gasteiger partial charge in [-0.25, -0.2) is 9.18 Å². The number of halogens is 1. The summed E-state index contributed by atoms with van der Waals surface area (Å²) in [4.78, 5) is 38.8. The van der Waals surface area contributed by atoms with Crippen molar-refractivity contribution in [3.8, 4) is 22.1 Å². The summed E-state index contributed by atoms with van der Waals surface area (Å²) in [5.74, 6) is -0.106. The van der Waals surface area contributed by atoms with E-state index in [-0.39, 0.29) is 23.7 Å². The van der Waals surface area contributed by atoms with E-state index in [0.29, 0.717) is 40.8 Å².